The van der Waals surface area contributed by atoms with E-state index in [0.717, 1.165) is 21.5 Å². The molecule has 0 unspecified atom stereocenters. The Morgan fingerprint density at radius 3 is 2.58 bits per heavy atom. The summed E-state index contributed by atoms with van der Waals surface area (Å²) in [6.45, 7) is 0.540. The molecule has 0 atom stereocenters. The van der Waals surface area contributed by atoms with Gasteiger partial charge in [0.25, 0.3) is 0 Å². The maximum atomic E-state index is 9.41. The van der Waals surface area contributed by atoms with E-state index in [-0.39, 0.29) is 11.5 Å². The number of aromatic hydroxyl groups is 2. The Morgan fingerprint density at radius 1 is 1.11 bits per heavy atom. The van der Waals surface area contributed by atoms with Crippen LogP contribution in [0.15, 0.2) is 40.9 Å². The number of ether oxygens (including phenoxy) is 1. The Kier molecular flexibility index (Phi) is 4.16. The molecule has 0 spiro atoms. The van der Waals surface area contributed by atoms with Crippen LogP contribution in [0.25, 0.3) is 0 Å². The lowest BCUT2D eigenvalue weighted by Gasteiger charge is -2.10. The molecule has 4 nitrogen and oxygen atoms in total. The molecule has 0 saturated heterocycles. The van der Waals surface area contributed by atoms with Gasteiger partial charge < -0.3 is 20.3 Å². The van der Waals surface area contributed by atoms with Gasteiger partial charge in [-0.25, -0.2) is 0 Å². The van der Waals surface area contributed by atoms with Crippen molar-refractivity contribution in [3.63, 3.8) is 0 Å². The molecular formula is C14H14BrNO3. The third-order valence-electron chi connectivity index (χ3n) is 2.69. The van der Waals surface area contributed by atoms with Crippen LogP contribution in [0.5, 0.6) is 17.2 Å². The normalized spacial score (nSPS) is 10.2. The highest BCUT2D eigenvalue weighted by molar-refractivity contribution is 9.10. The predicted molar refractivity (Wildman–Crippen MR) is 77.8 cm³/mol. The topological polar surface area (TPSA) is 61.7 Å². The van der Waals surface area contributed by atoms with Gasteiger partial charge in [-0.1, -0.05) is 6.07 Å². The quantitative estimate of drug-likeness (QED) is 0.754. The van der Waals surface area contributed by atoms with Gasteiger partial charge in [0.15, 0.2) is 11.5 Å². The number of methoxy groups -OCH3 is 1. The van der Waals surface area contributed by atoms with Crippen molar-refractivity contribution in [3.05, 3.63) is 46.4 Å². The van der Waals surface area contributed by atoms with Gasteiger partial charge in [-0.2, -0.15) is 0 Å². The number of anilines is 1. The Morgan fingerprint density at radius 2 is 1.89 bits per heavy atom. The molecule has 2 aromatic rings. The first-order valence-corrected chi connectivity index (χ1v) is 6.47. The molecule has 5 heteroatoms. The Labute approximate surface area is 119 Å². The summed E-state index contributed by atoms with van der Waals surface area (Å²) < 4.78 is 6.10. The van der Waals surface area contributed by atoms with Crippen molar-refractivity contribution in [1.82, 2.24) is 0 Å². The minimum absolute atomic E-state index is 0.117. The monoisotopic (exact) mass is 323 g/mol. The van der Waals surface area contributed by atoms with Gasteiger partial charge in [-0.15, -0.1) is 0 Å². The predicted octanol–water partition coefficient (Wildman–Crippen LogP) is 3.48. The number of hydrogen-bond acceptors (Lipinski definition) is 4. The van der Waals surface area contributed by atoms with Gasteiger partial charge in [-0.05, 0) is 45.8 Å². The SMILES string of the molecule is COc1cc(NCc2ccc(O)c(O)c2)ccc1Br. The molecule has 0 fully saturated rings. The average Bonchev–Trinajstić information content (AvgIpc) is 2.41. The van der Waals surface area contributed by atoms with Gasteiger partial charge in [0.05, 0.1) is 11.6 Å². The summed E-state index contributed by atoms with van der Waals surface area (Å²) in [7, 11) is 1.61. The first-order chi connectivity index (χ1) is 9.10. The molecule has 19 heavy (non-hydrogen) atoms. The van der Waals surface area contributed by atoms with E-state index >= 15 is 0 Å². The largest absolute Gasteiger partial charge is 0.504 e. The van der Waals surface area contributed by atoms with Crippen molar-refractivity contribution in [3.8, 4) is 17.2 Å². The standard InChI is InChI=1S/C14H14BrNO3/c1-19-14-7-10(3-4-11(14)15)16-8-9-2-5-12(17)13(18)6-9/h2-7,16-18H,8H2,1H3. The van der Waals surface area contributed by atoms with Crippen LogP contribution < -0.4 is 10.1 Å². The molecule has 0 bridgehead atoms. The van der Waals surface area contributed by atoms with Crippen LogP contribution in [0.2, 0.25) is 0 Å². The van der Waals surface area contributed by atoms with Crippen molar-refractivity contribution in [2.45, 2.75) is 6.54 Å². The Hall–Kier alpha value is -1.88. The van der Waals surface area contributed by atoms with Crippen LogP contribution in [0, 0.1) is 0 Å². The van der Waals surface area contributed by atoms with Crippen molar-refractivity contribution in [2.24, 2.45) is 0 Å². The minimum Gasteiger partial charge on any atom is -0.504 e. The number of rotatable bonds is 4. The van der Waals surface area contributed by atoms with E-state index in [0.29, 0.717) is 6.54 Å². The maximum absolute atomic E-state index is 9.41. The molecule has 0 aliphatic carbocycles. The minimum atomic E-state index is -0.118. The van der Waals surface area contributed by atoms with E-state index in [2.05, 4.69) is 21.2 Å². The summed E-state index contributed by atoms with van der Waals surface area (Å²) in [5.41, 5.74) is 1.78. The second-order valence-electron chi connectivity index (χ2n) is 4.03. The third-order valence-corrected chi connectivity index (χ3v) is 3.34. The van der Waals surface area contributed by atoms with E-state index in [1.807, 2.05) is 18.2 Å². The fourth-order valence-electron chi connectivity index (χ4n) is 1.65. The Balaban J connectivity index is 2.07. The van der Waals surface area contributed by atoms with Gasteiger partial charge in [-0.3, -0.25) is 0 Å². The first-order valence-electron chi connectivity index (χ1n) is 5.68. The van der Waals surface area contributed by atoms with Gasteiger partial charge in [0, 0.05) is 18.3 Å². The second-order valence-corrected chi connectivity index (χ2v) is 4.88. The molecular weight excluding hydrogens is 310 g/mol. The summed E-state index contributed by atoms with van der Waals surface area (Å²) in [4.78, 5) is 0. The van der Waals surface area contributed by atoms with Crippen molar-refractivity contribution in [1.29, 1.82) is 0 Å². The summed E-state index contributed by atoms with van der Waals surface area (Å²) >= 11 is 3.39. The molecule has 3 N–H and O–H groups in total. The number of benzene rings is 2. The summed E-state index contributed by atoms with van der Waals surface area (Å²) in [5, 5.41) is 21.9. The highest BCUT2D eigenvalue weighted by atomic mass is 79.9. The van der Waals surface area contributed by atoms with Gasteiger partial charge >= 0.3 is 0 Å². The molecule has 2 aromatic carbocycles. The lowest BCUT2D eigenvalue weighted by Crippen LogP contribution is -1.99. The van der Waals surface area contributed by atoms with Crippen LogP contribution in [-0.4, -0.2) is 17.3 Å². The molecule has 0 aromatic heterocycles. The van der Waals surface area contributed by atoms with Crippen LogP contribution >= 0.6 is 15.9 Å². The van der Waals surface area contributed by atoms with E-state index in [1.54, 1.807) is 13.2 Å². The number of phenolic OH excluding ortho intramolecular Hbond substituents is 2. The number of hydrogen-bond donors (Lipinski definition) is 3. The van der Waals surface area contributed by atoms with E-state index in [1.165, 1.54) is 12.1 Å². The van der Waals surface area contributed by atoms with E-state index < -0.39 is 0 Å². The third kappa shape index (κ3) is 3.32. The number of phenols is 2. The molecule has 0 saturated carbocycles. The van der Waals surface area contributed by atoms with Gasteiger partial charge in [0.1, 0.15) is 5.75 Å². The highest BCUT2D eigenvalue weighted by Crippen LogP contribution is 2.29. The fourth-order valence-corrected chi connectivity index (χ4v) is 2.06. The molecule has 100 valence electrons. The van der Waals surface area contributed by atoms with Crippen LogP contribution in [-0.2, 0) is 6.54 Å². The fraction of sp³-hybridized carbons (Fsp3) is 0.143. The van der Waals surface area contributed by atoms with Crippen molar-refractivity contribution in [2.75, 3.05) is 12.4 Å². The van der Waals surface area contributed by atoms with Gasteiger partial charge in [0.2, 0.25) is 0 Å². The van der Waals surface area contributed by atoms with Crippen molar-refractivity contribution < 1.29 is 14.9 Å². The molecule has 0 aliphatic rings. The van der Waals surface area contributed by atoms with E-state index in [9.17, 15) is 10.2 Å². The summed E-state index contributed by atoms with van der Waals surface area (Å²) in [6.07, 6.45) is 0. The Bertz CT molecular complexity index is 587. The average molecular weight is 324 g/mol. The molecule has 0 aliphatic heterocycles. The lowest BCUT2D eigenvalue weighted by molar-refractivity contribution is 0.403. The van der Waals surface area contributed by atoms with Crippen molar-refractivity contribution >= 4 is 21.6 Å². The molecule has 0 radical (unpaired) electrons. The second kappa shape index (κ2) is 5.84. The smallest absolute Gasteiger partial charge is 0.157 e. The highest BCUT2D eigenvalue weighted by Gasteiger charge is 2.03. The maximum Gasteiger partial charge on any atom is 0.157 e. The number of halogens is 1. The first kappa shape index (κ1) is 13.5. The molecule has 2 rings (SSSR count). The number of nitrogens with one attached hydrogen (secondary N) is 1. The molecule has 0 heterocycles. The molecule has 0 amide bonds. The summed E-state index contributed by atoms with van der Waals surface area (Å²) in [6, 6.07) is 10.4. The summed E-state index contributed by atoms with van der Waals surface area (Å²) in [5.74, 6) is 0.514. The van der Waals surface area contributed by atoms with Crippen LogP contribution in [0.4, 0.5) is 5.69 Å². The zero-order valence-electron chi connectivity index (χ0n) is 10.4. The van der Waals surface area contributed by atoms with E-state index in [4.69, 9.17) is 4.74 Å². The lowest BCUT2D eigenvalue weighted by atomic mass is 10.2. The van der Waals surface area contributed by atoms with Crippen LogP contribution in [0.1, 0.15) is 5.56 Å². The van der Waals surface area contributed by atoms with Crippen LogP contribution in [0.3, 0.4) is 0 Å². The zero-order chi connectivity index (χ0) is 13.8. The zero-order valence-corrected chi connectivity index (χ0v) is 11.9.